The molecule has 0 radical (unpaired) electrons. The zero-order chi connectivity index (χ0) is 11.5. The number of aromatic nitrogens is 3. The van der Waals surface area contributed by atoms with Crippen LogP contribution in [0.25, 0.3) is 0 Å². The molecule has 0 unspecified atom stereocenters. The van der Waals surface area contributed by atoms with Crippen LogP contribution in [-0.2, 0) is 6.54 Å². The highest BCUT2D eigenvalue weighted by Crippen LogP contribution is 2.24. The van der Waals surface area contributed by atoms with Gasteiger partial charge in [-0.2, -0.15) is 0 Å². The summed E-state index contributed by atoms with van der Waals surface area (Å²) in [5, 5.41) is 12.8. The van der Waals surface area contributed by atoms with Crippen molar-refractivity contribution in [2.45, 2.75) is 37.9 Å². The molecule has 1 N–H and O–H groups in total. The van der Waals surface area contributed by atoms with Gasteiger partial charge in [-0.1, -0.05) is 5.21 Å². The first-order valence-corrected chi connectivity index (χ1v) is 7.44. The first kappa shape index (κ1) is 12.5. The Hall–Kier alpha value is -0.550. The molecule has 0 bridgehead atoms. The second kappa shape index (κ2) is 4.99. The minimum atomic E-state index is -0.127. The average molecular weight is 230 g/mol. The fourth-order valence-electron chi connectivity index (χ4n) is 1.15. The molecule has 0 saturated heterocycles. The lowest BCUT2D eigenvalue weighted by molar-refractivity contribution is 0.403. The molecule has 0 aliphatic heterocycles. The number of thiol groups is 1. The Morgan fingerprint density at radius 2 is 2.07 bits per heavy atom. The van der Waals surface area contributed by atoms with Crippen molar-refractivity contribution in [3.8, 4) is 0 Å². The third-order valence-electron chi connectivity index (χ3n) is 1.98. The van der Waals surface area contributed by atoms with Crippen molar-refractivity contribution < 1.29 is 0 Å². The van der Waals surface area contributed by atoms with E-state index >= 15 is 0 Å². The molecule has 1 rings (SSSR count). The Bertz CT molecular complexity index is 301. The van der Waals surface area contributed by atoms with E-state index in [1.54, 1.807) is 0 Å². The summed E-state index contributed by atoms with van der Waals surface area (Å²) in [6, 6.07) is 0. The Morgan fingerprint density at radius 3 is 2.53 bits per heavy atom. The number of hydrogen-bond acceptors (Lipinski definition) is 3. The summed E-state index contributed by atoms with van der Waals surface area (Å²) < 4.78 is 1.91. The zero-order valence-corrected chi connectivity index (χ0v) is 11.2. The summed E-state index contributed by atoms with van der Waals surface area (Å²) in [6.45, 7) is 8.30. The van der Waals surface area contributed by atoms with Gasteiger partial charge in [0.2, 0.25) is 0 Å². The predicted octanol–water partition coefficient (Wildman–Crippen LogP) is 1.29. The van der Waals surface area contributed by atoms with E-state index in [9.17, 15) is 0 Å². The Labute approximate surface area is 94.8 Å². The van der Waals surface area contributed by atoms with Gasteiger partial charge in [-0.15, -0.1) is 5.10 Å². The lowest BCUT2D eigenvalue weighted by atomic mass is 10.1. The molecule has 88 valence electrons. The Balaban J connectivity index is 2.38. The predicted molar refractivity (Wildman–Crippen MR) is 66.9 cm³/mol. The number of nitrogens with one attached hydrogen (secondary N) is 1. The van der Waals surface area contributed by atoms with E-state index in [0.717, 1.165) is 18.1 Å². The van der Waals surface area contributed by atoms with Crippen molar-refractivity contribution in [3.63, 3.8) is 0 Å². The van der Waals surface area contributed by atoms with Crippen molar-refractivity contribution in [3.05, 3.63) is 6.20 Å². The molecule has 1 aromatic heterocycles. The quantitative estimate of drug-likeness (QED) is 0.766. The number of rotatable bonds is 4. The lowest BCUT2D eigenvalue weighted by Gasteiger charge is -2.20. The molecular weight excluding hydrogens is 208 g/mol. The fourth-order valence-corrected chi connectivity index (χ4v) is 1.73. The summed E-state index contributed by atoms with van der Waals surface area (Å²) in [6.07, 6.45) is 6.43. The van der Waals surface area contributed by atoms with Crippen LogP contribution in [0.1, 0.15) is 20.8 Å². The van der Waals surface area contributed by atoms with Crippen molar-refractivity contribution in [1.82, 2.24) is 20.3 Å². The van der Waals surface area contributed by atoms with Crippen LogP contribution in [0.3, 0.4) is 0 Å². The van der Waals surface area contributed by atoms with Gasteiger partial charge < -0.3 is 5.32 Å². The van der Waals surface area contributed by atoms with E-state index in [2.05, 4.69) is 55.1 Å². The van der Waals surface area contributed by atoms with Gasteiger partial charge in [0.1, 0.15) is 5.03 Å². The van der Waals surface area contributed by atoms with E-state index in [-0.39, 0.29) is 16.4 Å². The topological polar surface area (TPSA) is 42.7 Å². The summed E-state index contributed by atoms with van der Waals surface area (Å²) in [7, 11) is -0.127. The van der Waals surface area contributed by atoms with Gasteiger partial charge in [-0.25, -0.2) is 10.9 Å². The van der Waals surface area contributed by atoms with Gasteiger partial charge in [0.15, 0.2) is 0 Å². The van der Waals surface area contributed by atoms with Gasteiger partial charge >= 0.3 is 0 Å². The molecule has 15 heavy (non-hydrogen) atoms. The second-order valence-corrected chi connectivity index (χ2v) is 7.16. The lowest BCUT2D eigenvalue weighted by Crippen LogP contribution is -2.37. The first-order valence-electron chi connectivity index (χ1n) is 5.21. The van der Waals surface area contributed by atoms with Crippen LogP contribution >= 0.6 is 10.9 Å². The Kier molecular flexibility index (Phi) is 4.16. The van der Waals surface area contributed by atoms with Crippen LogP contribution in [0, 0.1) is 0 Å². The molecule has 0 aromatic carbocycles. The van der Waals surface area contributed by atoms with E-state index in [4.69, 9.17) is 0 Å². The van der Waals surface area contributed by atoms with Crippen molar-refractivity contribution in [1.29, 1.82) is 0 Å². The minimum Gasteiger partial charge on any atom is -0.310 e. The second-order valence-electron chi connectivity index (χ2n) is 4.91. The molecule has 0 aliphatic rings. The molecule has 0 amide bonds. The maximum Gasteiger partial charge on any atom is 0.118 e. The van der Waals surface area contributed by atoms with E-state index in [1.165, 1.54) is 0 Å². The minimum absolute atomic E-state index is 0.127. The van der Waals surface area contributed by atoms with Crippen LogP contribution in [0.4, 0.5) is 0 Å². The molecule has 5 heteroatoms. The SMILES string of the molecule is C[SH](C)c1cn(CCNC(C)(C)C)nn1. The third kappa shape index (κ3) is 4.66. The van der Waals surface area contributed by atoms with E-state index in [1.807, 2.05) is 4.68 Å². The number of hydrogen-bond donors (Lipinski definition) is 2. The molecule has 0 atom stereocenters. The van der Waals surface area contributed by atoms with Crippen LogP contribution in [0.5, 0.6) is 0 Å². The standard InChI is InChI=1S/C10H22N4S/c1-10(2,3)11-6-7-14-8-9(12-13-14)15(4)5/h8,11,15H,6-7H2,1-5H3. The highest BCUT2D eigenvalue weighted by atomic mass is 32.2. The van der Waals surface area contributed by atoms with Gasteiger partial charge in [0.05, 0.1) is 12.7 Å². The van der Waals surface area contributed by atoms with Crippen LogP contribution in [0.15, 0.2) is 11.2 Å². The zero-order valence-electron chi connectivity index (χ0n) is 10.3. The molecule has 0 saturated carbocycles. The maximum absolute atomic E-state index is 4.14. The highest BCUT2D eigenvalue weighted by molar-refractivity contribution is 8.15. The monoisotopic (exact) mass is 230 g/mol. The number of nitrogens with zero attached hydrogens (tertiary/aromatic N) is 3. The highest BCUT2D eigenvalue weighted by Gasteiger charge is 2.08. The molecule has 1 aromatic rings. The van der Waals surface area contributed by atoms with Crippen LogP contribution in [-0.4, -0.2) is 39.6 Å². The van der Waals surface area contributed by atoms with E-state index < -0.39 is 0 Å². The van der Waals surface area contributed by atoms with E-state index in [0.29, 0.717) is 0 Å². The largest absolute Gasteiger partial charge is 0.310 e. The smallest absolute Gasteiger partial charge is 0.118 e. The normalized spacial score (nSPS) is 13.0. The first-order chi connectivity index (χ1) is 6.88. The van der Waals surface area contributed by atoms with Crippen molar-refractivity contribution in [2.75, 3.05) is 19.1 Å². The van der Waals surface area contributed by atoms with Gasteiger partial charge in [0, 0.05) is 12.1 Å². The molecular formula is C10H22N4S. The molecule has 1 heterocycles. The summed E-state index contributed by atoms with van der Waals surface area (Å²) in [4.78, 5) is 0. The van der Waals surface area contributed by atoms with Gasteiger partial charge in [-0.05, 0) is 33.3 Å². The van der Waals surface area contributed by atoms with Crippen LogP contribution < -0.4 is 5.32 Å². The van der Waals surface area contributed by atoms with Crippen LogP contribution in [0.2, 0.25) is 0 Å². The Morgan fingerprint density at radius 1 is 1.40 bits per heavy atom. The molecule has 4 nitrogen and oxygen atoms in total. The summed E-state index contributed by atoms with van der Waals surface area (Å²) >= 11 is 0. The van der Waals surface area contributed by atoms with Crippen molar-refractivity contribution >= 4 is 10.9 Å². The van der Waals surface area contributed by atoms with Crippen molar-refractivity contribution in [2.24, 2.45) is 0 Å². The van der Waals surface area contributed by atoms with Gasteiger partial charge in [-0.3, -0.25) is 4.68 Å². The fraction of sp³-hybridized carbons (Fsp3) is 0.800. The molecule has 0 aliphatic carbocycles. The molecule has 0 fully saturated rings. The maximum atomic E-state index is 4.14. The summed E-state index contributed by atoms with van der Waals surface area (Å²) in [5.74, 6) is 0. The summed E-state index contributed by atoms with van der Waals surface area (Å²) in [5.41, 5.74) is 0.172. The van der Waals surface area contributed by atoms with Gasteiger partial charge in [0.25, 0.3) is 0 Å². The third-order valence-corrected chi connectivity index (χ3v) is 3.10. The molecule has 0 spiro atoms. The average Bonchev–Trinajstić information content (AvgIpc) is 2.50.